The molecule has 0 radical (unpaired) electrons. The van der Waals surface area contributed by atoms with Gasteiger partial charge in [0.15, 0.2) is 0 Å². The third kappa shape index (κ3) is 6.40. The second kappa shape index (κ2) is 7.71. The van der Waals surface area contributed by atoms with Gasteiger partial charge in [-0.3, -0.25) is 4.79 Å². The van der Waals surface area contributed by atoms with Gasteiger partial charge in [0.25, 0.3) is 0 Å². The summed E-state index contributed by atoms with van der Waals surface area (Å²) in [4.78, 5) is 23.0. The van der Waals surface area contributed by atoms with Crippen LogP contribution in [-0.4, -0.2) is 28.8 Å². The number of carboxylic acids is 1. The Bertz CT molecular complexity index is 514. The highest BCUT2D eigenvalue weighted by atomic mass is 35.5. The fourth-order valence-electron chi connectivity index (χ4n) is 1.74. The van der Waals surface area contributed by atoms with Gasteiger partial charge < -0.3 is 10.4 Å². The van der Waals surface area contributed by atoms with Crippen molar-refractivity contribution >= 4 is 35.2 Å². The number of aliphatic carboxylic acids is 1. The summed E-state index contributed by atoms with van der Waals surface area (Å²) in [6.07, 6.45) is 0. The number of halogens is 1. The summed E-state index contributed by atoms with van der Waals surface area (Å²) in [5.74, 6) is -0.423. The third-order valence-electron chi connectivity index (χ3n) is 2.81. The van der Waals surface area contributed by atoms with Crippen molar-refractivity contribution in [3.05, 3.63) is 34.9 Å². The van der Waals surface area contributed by atoms with Gasteiger partial charge in [-0.15, -0.1) is 11.8 Å². The summed E-state index contributed by atoms with van der Waals surface area (Å²) >= 11 is 7.31. The molecule has 0 aliphatic rings. The first kappa shape index (κ1) is 17.9. The van der Waals surface area contributed by atoms with Crippen molar-refractivity contribution in [3.63, 3.8) is 0 Å². The number of nitrogens with one attached hydrogen (secondary N) is 1. The Balaban J connectivity index is 2.45. The van der Waals surface area contributed by atoms with Crippen LogP contribution in [0.3, 0.4) is 0 Å². The average molecular weight is 330 g/mol. The van der Waals surface area contributed by atoms with Crippen LogP contribution < -0.4 is 5.32 Å². The van der Waals surface area contributed by atoms with Crippen molar-refractivity contribution < 1.29 is 14.7 Å². The van der Waals surface area contributed by atoms with Gasteiger partial charge in [-0.05, 0) is 23.1 Å². The molecular formula is C15H20ClNO3S. The predicted octanol–water partition coefficient (Wildman–Crippen LogP) is 3.19. The molecule has 0 bridgehead atoms. The molecule has 21 heavy (non-hydrogen) atoms. The molecule has 0 spiro atoms. The van der Waals surface area contributed by atoms with Crippen molar-refractivity contribution in [2.75, 3.05) is 5.75 Å². The molecule has 4 nitrogen and oxygen atoms in total. The molecule has 1 aromatic rings. The standard InChI is InChI=1S/C15H20ClNO3S/c1-15(2,3)13(14(19)20)17-12(18)9-21-8-10-5-4-6-11(16)7-10/h4-7,13H,8-9H2,1-3H3,(H,17,18)(H,19,20)/t13-/m1/s1. The van der Waals surface area contributed by atoms with Crippen molar-refractivity contribution in [2.24, 2.45) is 5.41 Å². The van der Waals surface area contributed by atoms with Crippen molar-refractivity contribution in [1.29, 1.82) is 0 Å². The first-order valence-corrected chi connectivity index (χ1v) is 8.08. The quantitative estimate of drug-likeness (QED) is 0.841. The monoisotopic (exact) mass is 329 g/mol. The molecular weight excluding hydrogens is 310 g/mol. The summed E-state index contributed by atoms with van der Waals surface area (Å²) in [6.45, 7) is 5.35. The van der Waals surface area contributed by atoms with E-state index in [9.17, 15) is 9.59 Å². The zero-order valence-corrected chi connectivity index (χ0v) is 13.9. The number of hydrogen-bond donors (Lipinski definition) is 2. The topological polar surface area (TPSA) is 66.4 Å². The van der Waals surface area contributed by atoms with Gasteiger partial charge in [0.2, 0.25) is 5.91 Å². The Labute approximate surface area is 134 Å². The second-order valence-electron chi connectivity index (χ2n) is 5.83. The van der Waals surface area contributed by atoms with Crippen LogP contribution in [0, 0.1) is 5.41 Å². The molecule has 6 heteroatoms. The lowest BCUT2D eigenvalue weighted by Gasteiger charge is -2.27. The molecule has 1 aromatic carbocycles. The summed E-state index contributed by atoms with van der Waals surface area (Å²) in [7, 11) is 0. The van der Waals surface area contributed by atoms with E-state index in [-0.39, 0.29) is 11.7 Å². The zero-order chi connectivity index (χ0) is 16.0. The molecule has 0 unspecified atom stereocenters. The number of carboxylic acid groups (broad SMARTS) is 1. The average Bonchev–Trinajstić information content (AvgIpc) is 2.34. The van der Waals surface area contributed by atoms with Crippen molar-refractivity contribution in [1.82, 2.24) is 5.32 Å². The number of hydrogen-bond acceptors (Lipinski definition) is 3. The van der Waals surface area contributed by atoms with Gasteiger partial charge >= 0.3 is 5.97 Å². The van der Waals surface area contributed by atoms with E-state index in [1.165, 1.54) is 11.8 Å². The second-order valence-corrected chi connectivity index (χ2v) is 7.25. The highest BCUT2D eigenvalue weighted by Gasteiger charge is 2.32. The highest BCUT2D eigenvalue weighted by Crippen LogP contribution is 2.20. The molecule has 1 amide bonds. The predicted molar refractivity (Wildman–Crippen MR) is 86.6 cm³/mol. The maximum absolute atomic E-state index is 11.8. The largest absolute Gasteiger partial charge is 0.480 e. The number of rotatable bonds is 6. The van der Waals surface area contributed by atoms with Crippen molar-refractivity contribution in [3.8, 4) is 0 Å². The van der Waals surface area contributed by atoms with Gasteiger partial charge in [0, 0.05) is 10.8 Å². The normalized spacial score (nSPS) is 12.8. The smallest absolute Gasteiger partial charge is 0.326 e. The van der Waals surface area contributed by atoms with Gasteiger partial charge in [-0.1, -0.05) is 44.5 Å². The third-order valence-corrected chi connectivity index (χ3v) is 4.05. The minimum absolute atomic E-state index is 0.215. The van der Waals surface area contributed by atoms with E-state index in [0.29, 0.717) is 10.8 Å². The van der Waals surface area contributed by atoms with Crippen LogP contribution in [0.5, 0.6) is 0 Å². The molecule has 0 aromatic heterocycles. The Hall–Kier alpha value is -1.20. The molecule has 0 fully saturated rings. The highest BCUT2D eigenvalue weighted by molar-refractivity contribution is 7.99. The van der Waals surface area contributed by atoms with Gasteiger partial charge in [0.1, 0.15) is 6.04 Å². The summed E-state index contributed by atoms with van der Waals surface area (Å²) < 4.78 is 0. The molecule has 0 saturated carbocycles. The van der Waals surface area contributed by atoms with Crippen LogP contribution >= 0.6 is 23.4 Å². The van der Waals surface area contributed by atoms with Gasteiger partial charge in [-0.2, -0.15) is 0 Å². The van der Waals surface area contributed by atoms with Crippen molar-refractivity contribution in [2.45, 2.75) is 32.6 Å². The van der Waals surface area contributed by atoms with E-state index in [1.54, 1.807) is 26.8 Å². The Morgan fingerprint density at radius 3 is 2.57 bits per heavy atom. The Morgan fingerprint density at radius 2 is 2.05 bits per heavy atom. The minimum Gasteiger partial charge on any atom is -0.480 e. The molecule has 0 aliphatic heterocycles. The number of carbonyl (C=O) groups is 2. The van der Waals surface area contributed by atoms with E-state index >= 15 is 0 Å². The van der Waals surface area contributed by atoms with E-state index in [4.69, 9.17) is 16.7 Å². The lowest BCUT2D eigenvalue weighted by Crippen LogP contribution is -2.49. The molecule has 1 rings (SSSR count). The lowest BCUT2D eigenvalue weighted by molar-refractivity contribution is -0.144. The molecule has 0 saturated heterocycles. The molecule has 2 N–H and O–H groups in total. The maximum atomic E-state index is 11.8. The minimum atomic E-state index is -1.02. The Morgan fingerprint density at radius 1 is 1.38 bits per heavy atom. The summed E-state index contributed by atoms with van der Waals surface area (Å²) in [5.41, 5.74) is 0.505. The lowest BCUT2D eigenvalue weighted by atomic mass is 9.87. The van der Waals surface area contributed by atoms with E-state index in [2.05, 4.69) is 5.32 Å². The van der Waals surface area contributed by atoms with Gasteiger partial charge in [-0.25, -0.2) is 4.79 Å². The molecule has 116 valence electrons. The maximum Gasteiger partial charge on any atom is 0.326 e. The van der Waals surface area contributed by atoms with E-state index in [1.807, 2.05) is 18.2 Å². The molecule has 0 aliphatic carbocycles. The number of carbonyl (C=O) groups excluding carboxylic acids is 1. The molecule has 0 heterocycles. The van der Waals surface area contributed by atoms with Crippen LogP contribution in [0.4, 0.5) is 0 Å². The Kier molecular flexibility index (Phi) is 6.55. The van der Waals surface area contributed by atoms with Crippen LogP contribution in [0.15, 0.2) is 24.3 Å². The first-order chi connectivity index (χ1) is 9.70. The number of amides is 1. The fraction of sp³-hybridized carbons (Fsp3) is 0.467. The van der Waals surface area contributed by atoms with Crippen LogP contribution in [-0.2, 0) is 15.3 Å². The number of thioether (sulfide) groups is 1. The van der Waals surface area contributed by atoms with E-state index < -0.39 is 17.4 Å². The first-order valence-electron chi connectivity index (χ1n) is 6.54. The number of benzene rings is 1. The zero-order valence-electron chi connectivity index (χ0n) is 12.4. The van der Waals surface area contributed by atoms with Gasteiger partial charge in [0.05, 0.1) is 5.75 Å². The summed E-state index contributed by atoms with van der Waals surface area (Å²) in [5, 5.41) is 12.4. The van der Waals surface area contributed by atoms with Crippen LogP contribution in [0.25, 0.3) is 0 Å². The van der Waals surface area contributed by atoms with Crippen LogP contribution in [0.1, 0.15) is 26.3 Å². The van der Waals surface area contributed by atoms with E-state index in [0.717, 1.165) is 5.56 Å². The van der Waals surface area contributed by atoms with Crippen LogP contribution in [0.2, 0.25) is 5.02 Å². The molecule has 1 atom stereocenters. The SMILES string of the molecule is CC(C)(C)[C@H](NC(=O)CSCc1cccc(Cl)c1)C(=O)O. The summed E-state index contributed by atoms with van der Waals surface area (Å²) in [6, 6.07) is 6.55. The fourth-order valence-corrected chi connectivity index (χ4v) is 2.74.